The van der Waals surface area contributed by atoms with Gasteiger partial charge in [0.1, 0.15) is 17.8 Å². The van der Waals surface area contributed by atoms with Gasteiger partial charge in [0.2, 0.25) is 0 Å². The third-order valence-corrected chi connectivity index (χ3v) is 4.29. The molecule has 1 aromatic carbocycles. The van der Waals surface area contributed by atoms with E-state index in [1.54, 1.807) is 6.07 Å². The molecular formula is C17H21BrN4O. The Balaban J connectivity index is 2.01. The minimum absolute atomic E-state index is 0.168. The molecule has 6 heteroatoms. The van der Waals surface area contributed by atoms with Gasteiger partial charge in [0, 0.05) is 22.8 Å². The van der Waals surface area contributed by atoms with Crippen LogP contribution in [0.5, 0.6) is 0 Å². The van der Waals surface area contributed by atoms with Gasteiger partial charge in [0.15, 0.2) is 0 Å². The SMILES string of the molecule is CCCCCNC(=O)c1cc(Nc2ccc(Br)c(C)c2)ncn1. The van der Waals surface area contributed by atoms with Crippen molar-refractivity contribution in [2.24, 2.45) is 0 Å². The first-order chi connectivity index (χ1) is 11.1. The molecule has 5 nitrogen and oxygen atoms in total. The van der Waals surface area contributed by atoms with E-state index in [0.717, 1.165) is 35.0 Å². The van der Waals surface area contributed by atoms with Gasteiger partial charge in [-0.1, -0.05) is 35.7 Å². The van der Waals surface area contributed by atoms with E-state index in [1.807, 2.05) is 25.1 Å². The third kappa shape index (κ3) is 5.32. The molecule has 0 saturated heterocycles. The number of amides is 1. The second-order valence-electron chi connectivity index (χ2n) is 5.34. The molecule has 1 aromatic heterocycles. The maximum Gasteiger partial charge on any atom is 0.270 e. The van der Waals surface area contributed by atoms with Crippen LogP contribution in [0.1, 0.15) is 42.2 Å². The molecular weight excluding hydrogens is 356 g/mol. The maximum absolute atomic E-state index is 12.1. The average Bonchev–Trinajstić information content (AvgIpc) is 2.55. The predicted octanol–water partition coefficient (Wildman–Crippen LogP) is 4.21. The minimum Gasteiger partial charge on any atom is -0.351 e. The van der Waals surface area contributed by atoms with Gasteiger partial charge < -0.3 is 10.6 Å². The van der Waals surface area contributed by atoms with E-state index >= 15 is 0 Å². The number of carbonyl (C=O) groups is 1. The summed E-state index contributed by atoms with van der Waals surface area (Å²) in [6.45, 7) is 4.82. The summed E-state index contributed by atoms with van der Waals surface area (Å²) in [5, 5.41) is 6.07. The summed E-state index contributed by atoms with van der Waals surface area (Å²) in [6.07, 6.45) is 4.62. The summed E-state index contributed by atoms with van der Waals surface area (Å²) in [4.78, 5) is 20.3. The zero-order valence-corrected chi connectivity index (χ0v) is 15.0. The van der Waals surface area contributed by atoms with Crippen LogP contribution in [-0.4, -0.2) is 22.4 Å². The number of nitrogens with zero attached hydrogens (tertiary/aromatic N) is 2. The summed E-state index contributed by atoms with van der Waals surface area (Å²) in [6, 6.07) is 7.59. The Morgan fingerprint density at radius 3 is 2.78 bits per heavy atom. The van der Waals surface area contributed by atoms with Gasteiger partial charge in [-0.25, -0.2) is 9.97 Å². The molecule has 0 fully saturated rings. The molecule has 1 amide bonds. The zero-order valence-electron chi connectivity index (χ0n) is 13.4. The quantitative estimate of drug-likeness (QED) is 0.710. The number of halogens is 1. The van der Waals surface area contributed by atoms with E-state index in [4.69, 9.17) is 0 Å². The molecule has 1 heterocycles. The largest absolute Gasteiger partial charge is 0.351 e. The molecule has 0 radical (unpaired) electrons. The Bertz CT molecular complexity index is 675. The van der Waals surface area contributed by atoms with E-state index in [1.165, 1.54) is 6.33 Å². The second-order valence-corrected chi connectivity index (χ2v) is 6.19. The smallest absolute Gasteiger partial charge is 0.270 e. The lowest BCUT2D eigenvalue weighted by molar-refractivity contribution is 0.0948. The van der Waals surface area contributed by atoms with E-state index in [2.05, 4.69) is 43.5 Å². The number of unbranched alkanes of at least 4 members (excludes halogenated alkanes) is 2. The van der Waals surface area contributed by atoms with E-state index in [0.29, 0.717) is 18.1 Å². The van der Waals surface area contributed by atoms with Crippen molar-refractivity contribution in [2.75, 3.05) is 11.9 Å². The third-order valence-electron chi connectivity index (χ3n) is 3.40. The average molecular weight is 377 g/mol. The van der Waals surface area contributed by atoms with E-state index in [-0.39, 0.29) is 5.91 Å². The molecule has 0 aliphatic carbocycles. The first kappa shape index (κ1) is 17.4. The van der Waals surface area contributed by atoms with Crippen LogP contribution in [0.3, 0.4) is 0 Å². The summed E-state index contributed by atoms with van der Waals surface area (Å²) in [7, 11) is 0. The zero-order chi connectivity index (χ0) is 16.7. The van der Waals surface area contributed by atoms with Gasteiger partial charge >= 0.3 is 0 Å². The Kier molecular flexibility index (Phi) is 6.52. The molecule has 0 spiro atoms. The van der Waals surface area contributed by atoms with Crippen molar-refractivity contribution in [3.8, 4) is 0 Å². The van der Waals surface area contributed by atoms with Gasteiger partial charge in [-0.15, -0.1) is 0 Å². The predicted molar refractivity (Wildman–Crippen MR) is 96.1 cm³/mol. The number of rotatable bonds is 7. The highest BCUT2D eigenvalue weighted by Crippen LogP contribution is 2.22. The highest BCUT2D eigenvalue weighted by molar-refractivity contribution is 9.10. The molecule has 2 N–H and O–H groups in total. The van der Waals surface area contributed by atoms with Gasteiger partial charge in [-0.2, -0.15) is 0 Å². The van der Waals surface area contributed by atoms with Crippen LogP contribution >= 0.6 is 15.9 Å². The van der Waals surface area contributed by atoms with Crippen LogP contribution in [0.25, 0.3) is 0 Å². The van der Waals surface area contributed by atoms with E-state index in [9.17, 15) is 4.79 Å². The number of aromatic nitrogens is 2. The number of nitrogens with one attached hydrogen (secondary N) is 2. The van der Waals surface area contributed by atoms with Crippen LogP contribution < -0.4 is 10.6 Å². The Morgan fingerprint density at radius 2 is 2.04 bits per heavy atom. The molecule has 2 rings (SSSR count). The molecule has 23 heavy (non-hydrogen) atoms. The Morgan fingerprint density at radius 1 is 1.22 bits per heavy atom. The van der Waals surface area contributed by atoms with Crippen molar-refractivity contribution < 1.29 is 4.79 Å². The van der Waals surface area contributed by atoms with Crippen LogP contribution in [0.4, 0.5) is 11.5 Å². The lowest BCUT2D eigenvalue weighted by atomic mass is 10.2. The van der Waals surface area contributed by atoms with Crippen molar-refractivity contribution in [1.29, 1.82) is 0 Å². The lowest BCUT2D eigenvalue weighted by Gasteiger charge is -2.09. The minimum atomic E-state index is -0.168. The number of aryl methyl sites for hydroxylation is 1. The van der Waals surface area contributed by atoms with Crippen molar-refractivity contribution in [2.45, 2.75) is 33.1 Å². The van der Waals surface area contributed by atoms with Crippen molar-refractivity contribution in [3.63, 3.8) is 0 Å². The molecule has 0 unspecified atom stereocenters. The topological polar surface area (TPSA) is 66.9 Å². The van der Waals surface area contributed by atoms with Crippen molar-refractivity contribution in [1.82, 2.24) is 15.3 Å². The fourth-order valence-corrected chi connectivity index (χ4v) is 2.33. The van der Waals surface area contributed by atoms with Gasteiger partial charge in [-0.3, -0.25) is 4.79 Å². The lowest BCUT2D eigenvalue weighted by Crippen LogP contribution is -2.25. The molecule has 2 aromatic rings. The Hall–Kier alpha value is -1.95. The maximum atomic E-state index is 12.1. The molecule has 122 valence electrons. The van der Waals surface area contributed by atoms with Crippen LogP contribution in [0.15, 0.2) is 35.1 Å². The van der Waals surface area contributed by atoms with E-state index < -0.39 is 0 Å². The number of anilines is 2. The van der Waals surface area contributed by atoms with Gasteiger partial charge in [-0.05, 0) is 37.1 Å². The number of hydrogen-bond acceptors (Lipinski definition) is 4. The normalized spacial score (nSPS) is 10.4. The molecule has 0 aliphatic rings. The van der Waals surface area contributed by atoms with Crippen molar-refractivity contribution in [3.05, 3.63) is 46.3 Å². The highest BCUT2D eigenvalue weighted by atomic mass is 79.9. The molecule has 0 saturated carbocycles. The summed E-state index contributed by atoms with van der Waals surface area (Å²) in [5.41, 5.74) is 2.41. The van der Waals surface area contributed by atoms with Crippen LogP contribution in [0.2, 0.25) is 0 Å². The molecule has 0 atom stereocenters. The molecule has 0 bridgehead atoms. The van der Waals surface area contributed by atoms with Crippen LogP contribution in [-0.2, 0) is 0 Å². The van der Waals surface area contributed by atoms with Crippen molar-refractivity contribution >= 4 is 33.3 Å². The number of hydrogen-bond donors (Lipinski definition) is 2. The summed E-state index contributed by atoms with van der Waals surface area (Å²) >= 11 is 3.47. The number of carbonyl (C=O) groups excluding carboxylic acids is 1. The first-order valence-corrected chi connectivity index (χ1v) is 8.53. The summed E-state index contributed by atoms with van der Waals surface area (Å²) < 4.78 is 1.05. The first-order valence-electron chi connectivity index (χ1n) is 7.73. The fourth-order valence-electron chi connectivity index (χ4n) is 2.09. The van der Waals surface area contributed by atoms with Crippen LogP contribution in [0, 0.1) is 6.92 Å². The standard InChI is InChI=1S/C17H21BrN4O/c1-3-4-5-8-19-17(23)15-10-16(21-11-20-15)22-13-6-7-14(18)12(2)9-13/h6-7,9-11H,3-5,8H2,1-2H3,(H,19,23)(H,20,21,22). The monoisotopic (exact) mass is 376 g/mol. The van der Waals surface area contributed by atoms with Gasteiger partial charge in [0.25, 0.3) is 5.91 Å². The van der Waals surface area contributed by atoms with Gasteiger partial charge in [0.05, 0.1) is 0 Å². The second kappa shape index (κ2) is 8.62. The number of benzene rings is 1. The fraction of sp³-hybridized carbons (Fsp3) is 0.353. The molecule has 0 aliphatic heterocycles. The summed E-state index contributed by atoms with van der Waals surface area (Å²) in [5.74, 6) is 0.430. The highest BCUT2D eigenvalue weighted by Gasteiger charge is 2.08. The Labute approximate surface area is 145 Å².